The topological polar surface area (TPSA) is 55.6 Å². The first-order chi connectivity index (χ1) is 7.20. The Morgan fingerprint density at radius 1 is 1.47 bits per heavy atom. The quantitative estimate of drug-likeness (QED) is 0.860. The van der Waals surface area contributed by atoms with E-state index in [1.165, 1.54) is 11.3 Å². The summed E-state index contributed by atoms with van der Waals surface area (Å²) in [5.74, 6) is 0. The summed E-state index contributed by atoms with van der Waals surface area (Å²) >= 11 is 1.52. The van der Waals surface area contributed by atoms with Crippen molar-refractivity contribution in [2.45, 2.75) is 13.8 Å². The van der Waals surface area contributed by atoms with Crippen molar-refractivity contribution in [2.24, 2.45) is 7.05 Å². The Kier molecular flexibility index (Phi) is 2.68. The molecule has 0 saturated carbocycles. The van der Waals surface area contributed by atoms with Crippen LogP contribution in [0.5, 0.6) is 0 Å². The molecule has 2 rings (SSSR count). The molecule has 0 aliphatic carbocycles. The molecule has 2 aromatic rings. The molecule has 0 spiro atoms. The third-order valence-corrected chi connectivity index (χ3v) is 2.99. The minimum Gasteiger partial charge on any atom is -0.360 e. The van der Waals surface area contributed by atoms with Crippen LogP contribution in [-0.4, -0.2) is 26.5 Å². The summed E-state index contributed by atoms with van der Waals surface area (Å²) in [6, 6.07) is 2.01. The van der Waals surface area contributed by atoms with Gasteiger partial charge in [0, 0.05) is 19.3 Å². The maximum atomic E-state index is 4.35. The molecule has 0 bridgehead atoms. The van der Waals surface area contributed by atoms with Gasteiger partial charge in [-0.25, -0.2) is 0 Å². The second kappa shape index (κ2) is 3.98. The fraction of sp³-hybridized carbons (Fsp3) is 0.444. The second-order valence-electron chi connectivity index (χ2n) is 3.24. The fourth-order valence-corrected chi connectivity index (χ4v) is 1.98. The number of anilines is 1. The first-order valence-corrected chi connectivity index (χ1v) is 5.60. The molecule has 0 atom stereocenters. The molecular weight excluding hydrogens is 210 g/mol. The highest BCUT2D eigenvalue weighted by atomic mass is 32.1. The van der Waals surface area contributed by atoms with Crippen LogP contribution in [0.1, 0.15) is 12.6 Å². The molecule has 80 valence electrons. The van der Waals surface area contributed by atoms with E-state index in [9.17, 15) is 0 Å². The van der Waals surface area contributed by atoms with Gasteiger partial charge in [-0.05, 0) is 19.9 Å². The highest BCUT2D eigenvalue weighted by molar-refractivity contribution is 7.18. The lowest BCUT2D eigenvalue weighted by molar-refractivity contribution is 0.742. The van der Waals surface area contributed by atoms with Crippen LogP contribution >= 0.6 is 11.3 Å². The maximum absolute atomic E-state index is 4.35. The molecule has 0 fully saturated rings. The molecule has 2 aromatic heterocycles. The minimum atomic E-state index is 0.843. The number of aryl methyl sites for hydroxylation is 2. The zero-order valence-electron chi connectivity index (χ0n) is 8.98. The number of nitrogens with one attached hydrogen (secondary N) is 1. The Bertz CT molecular complexity index is 439. The molecule has 0 aromatic carbocycles. The summed E-state index contributed by atoms with van der Waals surface area (Å²) in [7, 11) is 1.92. The van der Waals surface area contributed by atoms with Crippen molar-refractivity contribution in [1.29, 1.82) is 0 Å². The van der Waals surface area contributed by atoms with Crippen molar-refractivity contribution >= 4 is 16.5 Å². The van der Waals surface area contributed by atoms with E-state index in [0.29, 0.717) is 0 Å². The first-order valence-electron chi connectivity index (χ1n) is 4.79. The molecule has 0 amide bonds. The SMILES string of the molecule is CCNc1nnc(-c2cc(C)n(C)n2)s1. The van der Waals surface area contributed by atoms with Crippen LogP contribution in [0.25, 0.3) is 10.7 Å². The molecule has 6 heteroatoms. The highest BCUT2D eigenvalue weighted by Gasteiger charge is 2.09. The van der Waals surface area contributed by atoms with E-state index < -0.39 is 0 Å². The van der Waals surface area contributed by atoms with Crippen LogP contribution in [0.3, 0.4) is 0 Å². The summed E-state index contributed by atoms with van der Waals surface area (Å²) in [5.41, 5.74) is 2.00. The lowest BCUT2D eigenvalue weighted by Gasteiger charge is -1.91. The molecule has 0 aliphatic rings. The molecule has 0 unspecified atom stereocenters. The predicted octanol–water partition coefficient (Wildman–Crippen LogP) is 1.68. The van der Waals surface area contributed by atoms with Gasteiger partial charge in [-0.15, -0.1) is 10.2 Å². The van der Waals surface area contributed by atoms with Crippen molar-refractivity contribution in [3.8, 4) is 10.7 Å². The zero-order chi connectivity index (χ0) is 10.8. The second-order valence-corrected chi connectivity index (χ2v) is 4.21. The maximum Gasteiger partial charge on any atom is 0.206 e. The summed E-state index contributed by atoms with van der Waals surface area (Å²) in [4.78, 5) is 0. The van der Waals surface area contributed by atoms with Gasteiger partial charge in [0.25, 0.3) is 0 Å². The van der Waals surface area contributed by atoms with Gasteiger partial charge in [0.15, 0.2) is 5.01 Å². The number of aromatic nitrogens is 4. The van der Waals surface area contributed by atoms with Gasteiger partial charge in [0.2, 0.25) is 5.13 Å². The minimum absolute atomic E-state index is 0.843. The van der Waals surface area contributed by atoms with Crippen LogP contribution in [0.2, 0.25) is 0 Å². The standard InChI is InChI=1S/C9H13N5S/c1-4-10-9-12-11-8(15-9)7-5-6(2)14(3)13-7/h5H,4H2,1-3H3,(H,10,12). The van der Waals surface area contributed by atoms with E-state index in [4.69, 9.17) is 0 Å². The molecule has 5 nitrogen and oxygen atoms in total. The average Bonchev–Trinajstić information content (AvgIpc) is 2.76. The van der Waals surface area contributed by atoms with Gasteiger partial charge in [0.1, 0.15) is 5.69 Å². The van der Waals surface area contributed by atoms with E-state index in [1.807, 2.05) is 31.6 Å². The van der Waals surface area contributed by atoms with E-state index in [0.717, 1.165) is 28.1 Å². The van der Waals surface area contributed by atoms with Crippen molar-refractivity contribution in [1.82, 2.24) is 20.0 Å². The van der Waals surface area contributed by atoms with Crippen molar-refractivity contribution in [2.75, 3.05) is 11.9 Å². The smallest absolute Gasteiger partial charge is 0.206 e. The Labute approximate surface area is 92.2 Å². The summed E-state index contributed by atoms with van der Waals surface area (Å²) in [6.45, 7) is 4.91. The van der Waals surface area contributed by atoms with Crippen LogP contribution in [0, 0.1) is 6.92 Å². The largest absolute Gasteiger partial charge is 0.360 e. The zero-order valence-corrected chi connectivity index (χ0v) is 9.80. The Morgan fingerprint density at radius 2 is 2.27 bits per heavy atom. The lowest BCUT2D eigenvalue weighted by Crippen LogP contribution is -1.94. The molecular formula is C9H13N5S. The Morgan fingerprint density at radius 3 is 2.87 bits per heavy atom. The van der Waals surface area contributed by atoms with E-state index in [1.54, 1.807) is 0 Å². The third kappa shape index (κ3) is 1.99. The van der Waals surface area contributed by atoms with Crippen molar-refractivity contribution in [3.05, 3.63) is 11.8 Å². The van der Waals surface area contributed by atoms with Gasteiger partial charge in [-0.3, -0.25) is 4.68 Å². The molecule has 15 heavy (non-hydrogen) atoms. The van der Waals surface area contributed by atoms with Gasteiger partial charge in [-0.1, -0.05) is 11.3 Å². The normalized spacial score (nSPS) is 10.6. The molecule has 0 radical (unpaired) electrons. The van der Waals surface area contributed by atoms with Crippen molar-refractivity contribution in [3.63, 3.8) is 0 Å². The van der Waals surface area contributed by atoms with Gasteiger partial charge >= 0.3 is 0 Å². The summed E-state index contributed by atoms with van der Waals surface area (Å²) in [5, 5.41) is 17.3. The van der Waals surface area contributed by atoms with Crippen LogP contribution in [-0.2, 0) is 7.05 Å². The number of hydrogen-bond acceptors (Lipinski definition) is 5. The monoisotopic (exact) mass is 223 g/mol. The molecule has 1 N–H and O–H groups in total. The van der Waals surface area contributed by atoms with Gasteiger partial charge < -0.3 is 5.32 Å². The Balaban J connectivity index is 2.28. The number of nitrogens with zero attached hydrogens (tertiary/aromatic N) is 4. The lowest BCUT2D eigenvalue weighted by atomic mass is 10.4. The van der Waals surface area contributed by atoms with Gasteiger partial charge in [-0.2, -0.15) is 5.10 Å². The van der Waals surface area contributed by atoms with E-state index in [-0.39, 0.29) is 0 Å². The number of hydrogen-bond donors (Lipinski definition) is 1. The van der Waals surface area contributed by atoms with E-state index >= 15 is 0 Å². The summed E-state index contributed by atoms with van der Waals surface area (Å²) in [6.07, 6.45) is 0. The molecule has 0 saturated heterocycles. The highest BCUT2D eigenvalue weighted by Crippen LogP contribution is 2.25. The predicted molar refractivity (Wildman–Crippen MR) is 61.0 cm³/mol. The molecule has 2 heterocycles. The van der Waals surface area contributed by atoms with Crippen LogP contribution in [0.15, 0.2) is 6.07 Å². The first kappa shape index (κ1) is 10.1. The fourth-order valence-electron chi connectivity index (χ4n) is 1.21. The van der Waals surface area contributed by atoms with Crippen LogP contribution in [0.4, 0.5) is 5.13 Å². The Hall–Kier alpha value is -1.43. The van der Waals surface area contributed by atoms with E-state index in [2.05, 4.69) is 20.6 Å². The number of rotatable bonds is 3. The van der Waals surface area contributed by atoms with Crippen molar-refractivity contribution < 1.29 is 0 Å². The average molecular weight is 223 g/mol. The van der Waals surface area contributed by atoms with Crippen LogP contribution < -0.4 is 5.32 Å². The van der Waals surface area contributed by atoms with Gasteiger partial charge in [0.05, 0.1) is 0 Å². The third-order valence-electron chi connectivity index (χ3n) is 2.09. The molecule has 0 aliphatic heterocycles. The summed E-state index contributed by atoms with van der Waals surface area (Å²) < 4.78 is 1.84.